The highest BCUT2D eigenvalue weighted by molar-refractivity contribution is 7.80. The van der Waals surface area contributed by atoms with Gasteiger partial charge in [-0.2, -0.15) is 0 Å². The van der Waals surface area contributed by atoms with E-state index in [0.717, 1.165) is 5.56 Å². The van der Waals surface area contributed by atoms with Gasteiger partial charge < -0.3 is 4.52 Å². The summed E-state index contributed by atoms with van der Waals surface area (Å²) in [6, 6.07) is 9.39. The summed E-state index contributed by atoms with van der Waals surface area (Å²) in [6.45, 7) is 5.54. The first kappa shape index (κ1) is 16.8. The fourth-order valence-electron chi connectivity index (χ4n) is 2.49. The van der Waals surface area contributed by atoms with Crippen LogP contribution in [0.5, 0.6) is 0 Å². The second-order valence-corrected chi connectivity index (χ2v) is 5.78. The highest BCUT2D eigenvalue weighted by Gasteiger charge is 2.33. The van der Waals surface area contributed by atoms with Crippen molar-refractivity contribution in [3.8, 4) is 11.3 Å². The van der Waals surface area contributed by atoms with Crippen LogP contribution < -0.4 is 5.32 Å². The minimum absolute atomic E-state index is 0.0288. The summed E-state index contributed by atoms with van der Waals surface area (Å²) in [6.07, 6.45) is 3.03. The van der Waals surface area contributed by atoms with Crippen LogP contribution in [0.2, 0.25) is 0 Å². The van der Waals surface area contributed by atoms with Gasteiger partial charge in [0.25, 0.3) is 11.8 Å². The maximum Gasteiger partial charge on any atom is 0.265 e. The molecule has 1 aliphatic heterocycles. The van der Waals surface area contributed by atoms with E-state index in [1.165, 1.54) is 11.0 Å². The number of carbonyl (C=O) groups is 2. The van der Waals surface area contributed by atoms with Crippen molar-refractivity contribution in [3.05, 3.63) is 59.9 Å². The van der Waals surface area contributed by atoms with Gasteiger partial charge in [0, 0.05) is 17.7 Å². The summed E-state index contributed by atoms with van der Waals surface area (Å²) >= 11 is 5.04. The van der Waals surface area contributed by atoms with Gasteiger partial charge in [-0.15, -0.1) is 6.58 Å². The summed E-state index contributed by atoms with van der Waals surface area (Å²) in [4.78, 5) is 26.2. The number of carbonyl (C=O) groups excluding carboxylic acids is 2. The molecule has 1 fully saturated rings. The minimum atomic E-state index is -0.546. The predicted octanol–water partition coefficient (Wildman–Crippen LogP) is 2.46. The third-order valence-electron chi connectivity index (χ3n) is 3.74. The lowest BCUT2D eigenvalue weighted by Crippen LogP contribution is -2.53. The number of hydrogen-bond donors (Lipinski definition) is 1. The molecule has 3 rings (SSSR count). The van der Waals surface area contributed by atoms with Crippen molar-refractivity contribution in [3.63, 3.8) is 0 Å². The van der Waals surface area contributed by atoms with Crippen molar-refractivity contribution in [2.24, 2.45) is 0 Å². The monoisotopic (exact) mass is 353 g/mol. The van der Waals surface area contributed by atoms with Crippen LogP contribution in [0.15, 0.2) is 53.1 Å². The van der Waals surface area contributed by atoms with Gasteiger partial charge in [-0.3, -0.25) is 19.8 Å². The largest absolute Gasteiger partial charge is 0.360 e. The zero-order valence-corrected chi connectivity index (χ0v) is 14.3. The first-order chi connectivity index (χ1) is 12.0. The zero-order chi connectivity index (χ0) is 18.0. The Morgan fingerprint density at radius 1 is 1.32 bits per heavy atom. The molecule has 1 aromatic heterocycles. The maximum atomic E-state index is 12.6. The van der Waals surface area contributed by atoms with Crippen molar-refractivity contribution in [1.82, 2.24) is 15.4 Å². The zero-order valence-electron chi connectivity index (χ0n) is 13.5. The molecule has 25 heavy (non-hydrogen) atoms. The number of aromatic nitrogens is 1. The normalized spacial score (nSPS) is 16.3. The number of nitrogens with zero attached hydrogens (tertiary/aromatic N) is 2. The van der Waals surface area contributed by atoms with Crippen LogP contribution in [0.4, 0.5) is 0 Å². The fraction of sp³-hybridized carbons (Fsp3) is 0.111. The van der Waals surface area contributed by atoms with E-state index in [1.807, 2.05) is 30.3 Å². The van der Waals surface area contributed by atoms with Crippen molar-refractivity contribution >= 4 is 35.2 Å². The third-order valence-corrected chi connectivity index (χ3v) is 4.06. The molecule has 0 saturated carbocycles. The van der Waals surface area contributed by atoms with Crippen LogP contribution in [-0.2, 0) is 9.59 Å². The Bertz CT molecular complexity index is 900. The van der Waals surface area contributed by atoms with E-state index in [4.69, 9.17) is 16.7 Å². The van der Waals surface area contributed by atoms with Gasteiger partial charge in [0.2, 0.25) is 0 Å². The predicted molar refractivity (Wildman–Crippen MR) is 97.3 cm³/mol. The maximum absolute atomic E-state index is 12.6. The lowest BCUT2D eigenvalue weighted by atomic mass is 10.0. The van der Waals surface area contributed by atoms with Crippen LogP contribution >= 0.6 is 12.2 Å². The van der Waals surface area contributed by atoms with Crippen molar-refractivity contribution < 1.29 is 14.1 Å². The Morgan fingerprint density at radius 2 is 2.04 bits per heavy atom. The first-order valence-corrected chi connectivity index (χ1v) is 7.95. The van der Waals surface area contributed by atoms with E-state index in [-0.39, 0.29) is 17.2 Å². The van der Waals surface area contributed by atoms with E-state index in [1.54, 1.807) is 13.0 Å². The van der Waals surface area contributed by atoms with Gasteiger partial charge in [0.05, 0.1) is 0 Å². The lowest BCUT2D eigenvalue weighted by Gasteiger charge is -2.27. The molecule has 2 aromatic rings. The van der Waals surface area contributed by atoms with Gasteiger partial charge in [0.1, 0.15) is 17.0 Å². The number of rotatable bonds is 4. The number of benzene rings is 1. The summed E-state index contributed by atoms with van der Waals surface area (Å²) in [5.74, 6) is -0.515. The van der Waals surface area contributed by atoms with Crippen LogP contribution in [0.1, 0.15) is 11.3 Å². The lowest BCUT2D eigenvalue weighted by molar-refractivity contribution is -0.128. The number of aryl methyl sites for hydroxylation is 1. The van der Waals surface area contributed by atoms with Crippen molar-refractivity contribution in [2.75, 3.05) is 6.54 Å². The van der Waals surface area contributed by atoms with E-state index >= 15 is 0 Å². The summed E-state index contributed by atoms with van der Waals surface area (Å²) < 4.78 is 5.26. The first-order valence-electron chi connectivity index (χ1n) is 7.54. The summed E-state index contributed by atoms with van der Waals surface area (Å²) in [5.41, 5.74) is 1.94. The smallest absolute Gasteiger partial charge is 0.265 e. The topological polar surface area (TPSA) is 75.4 Å². The average molecular weight is 353 g/mol. The average Bonchev–Trinajstić information content (AvgIpc) is 2.97. The molecule has 0 radical (unpaired) electrons. The molecule has 0 bridgehead atoms. The van der Waals surface area contributed by atoms with Crippen molar-refractivity contribution in [1.29, 1.82) is 0 Å². The number of nitrogens with one attached hydrogen (secondary N) is 1. The Kier molecular flexibility index (Phi) is 4.58. The van der Waals surface area contributed by atoms with Gasteiger partial charge in [-0.1, -0.05) is 41.6 Å². The quantitative estimate of drug-likeness (QED) is 0.395. The molecule has 1 saturated heterocycles. The van der Waals surface area contributed by atoms with Gasteiger partial charge in [0.15, 0.2) is 5.11 Å². The third kappa shape index (κ3) is 3.14. The molecule has 7 heteroatoms. The Hall–Kier alpha value is -3.06. The van der Waals surface area contributed by atoms with Crippen LogP contribution in [-0.4, -0.2) is 33.5 Å². The van der Waals surface area contributed by atoms with Gasteiger partial charge >= 0.3 is 0 Å². The molecule has 0 aliphatic carbocycles. The summed E-state index contributed by atoms with van der Waals surface area (Å²) in [7, 11) is 0. The summed E-state index contributed by atoms with van der Waals surface area (Å²) in [5, 5.41) is 6.64. The molecule has 0 unspecified atom stereocenters. The van der Waals surface area contributed by atoms with E-state index < -0.39 is 11.8 Å². The second-order valence-electron chi connectivity index (χ2n) is 5.39. The standard InChI is InChI=1S/C18H15N3O3S/c1-3-9-21-17(23)14(16(22)19-18(21)25)10-13-11(2)24-20-15(13)12-7-5-4-6-8-12/h3-8,10H,1,9H2,2H3,(H,19,22,25)/b14-10-. The van der Waals surface area contributed by atoms with Crippen LogP contribution in [0.25, 0.3) is 17.3 Å². The highest BCUT2D eigenvalue weighted by Crippen LogP contribution is 2.28. The molecular weight excluding hydrogens is 338 g/mol. The molecule has 6 nitrogen and oxygen atoms in total. The molecule has 2 amide bonds. The van der Waals surface area contributed by atoms with E-state index in [2.05, 4.69) is 17.1 Å². The Labute approximate surface area is 149 Å². The second kappa shape index (κ2) is 6.82. The molecule has 1 N–H and O–H groups in total. The Morgan fingerprint density at radius 3 is 2.72 bits per heavy atom. The Balaban J connectivity index is 2.07. The van der Waals surface area contributed by atoms with E-state index in [9.17, 15) is 9.59 Å². The number of amides is 2. The molecule has 2 heterocycles. The molecular formula is C18H15N3O3S. The molecule has 1 aromatic carbocycles. The number of thiocarbonyl (C=S) groups is 1. The minimum Gasteiger partial charge on any atom is -0.360 e. The van der Waals surface area contributed by atoms with Gasteiger partial charge in [-0.05, 0) is 25.2 Å². The molecule has 0 spiro atoms. The molecule has 126 valence electrons. The molecule has 0 atom stereocenters. The van der Waals surface area contributed by atoms with Crippen LogP contribution in [0, 0.1) is 6.92 Å². The number of hydrogen-bond acceptors (Lipinski definition) is 5. The SMILES string of the molecule is C=CCN1C(=O)/C(=C\c2c(-c3ccccc3)noc2C)C(=O)NC1=S. The van der Waals surface area contributed by atoms with Crippen LogP contribution in [0.3, 0.4) is 0 Å². The fourth-order valence-corrected chi connectivity index (χ4v) is 2.74. The highest BCUT2D eigenvalue weighted by atomic mass is 32.1. The van der Waals surface area contributed by atoms with Gasteiger partial charge in [-0.25, -0.2) is 0 Å². The van der Waals surface area contributed by atoms with Crippen molar-refractivity contribution in [2.45, 2.75) is 6.92 Å². The molecule has 1 aliphatic rings. The van der Waals surface area contributed by atoms with E-state index in [0.29, 0.717) is 17.0 Å².